The van der Waals surface area contributed by atoms with Crippen molar-refractivity contribution >= 4 is 12.1 Å². The molecule has 1 aromatic heterocycles. The second kappa shape index (κ2) is 8.46. The molecule has 0 bridgehead atoms. The summed E-state index contributed by atoms with van der Waals surface area (Å²) in [5.74, 6) is -1.67. The van der Waals surface area contributed by atoms with Crippen LogP contribution in [0.25, 0.3) is 0 Å². The van der Waals surface area contributed by atoms with Gasteiger partial charge in [0.25, 0.3) is 5.91 Å². The smallest absolute Gasteiger partial charge is 0.272 e. The average Bonchev–Trinajstić information content (AvgIpc) is 3.49. The molecular weight excluding hydrogens is 426 g/mol. The lowest BCUT2D eigenvalue weighted by Crippen LogP contribution is -2.59. The maximum absolute atomic E-state index is 13.2. The number of hydrogen-bond acceptors (Lipinski definition) is 7. The van der Waals surface area contributed by atoms with Crippen molar-refractivity contribution in [3.05, 3.63) is 24.0 Å². The van der Waals surface area contributed by atoms with E-state index in [4.69, 9.17) is 23.7 Å². The molecular formula is C24H33N3O6. The van der Waals surface area contributed by atoms with E-state index in [1.807, 2.05) is 29.9 Å². The molecule has 0 aromatic carbocycles. The minimum absolute atomic E-state index is 0.362. The van der Waals surface area contributed by atoms with Gasteiger partial charge in [-0.05, 0) is 37.8 Å². The number of hydrogen-bond donors (Lipinski definition) is 1. The van der Waals surface area contributed by atoms with Crippen LogP contribution in [0.2, 0.25) is 0 Å². The number of ether oxygens (including phenoxy) is 5. The van der Waals surface area contributed by atoms with Crippen molar-refractivity contribution in [2.75, 3.05) is 0 Å². The lowest BCUT2D eigenvalue weighted by Gasteiger charge is -2.36. The third kappa shape index (κ3) is 3.93. The minimum atomic E-state index is -0.884. The Bertz CT molecular complexity index is 904. The monoisotopic (exact) mass is 459 g/mol. The molecule has 0 radical (unpaired) electrons. The Balaban J connectivity index is 1.23. The van der Waals surface area contributed by atoms with E-state index in [1.54, 1.807) is 6.21 Å². The Morgan fingerprint density at radius 2 is 1.61 bits per heavy atom. The fourth-order valence-electron chi connectivity index (χ4n) is 6.00. The minimum Gasteiger partial charge on any atom is -0.350 e. The maximum atomic E-state index is 13.2. The largest absolute Gasteiger partial charge is 0.350 e. The number of hydrazone groups is 1. The summed E-state index contributed by atoms with van der Waals surface area (Å²) >= 11 is 0. The van der Waals surface area contributed by atoms with Gasteiger partial charge >= 0.3 is 0 Å². The van der Waals surface area contributed by atoms with E-state index in [9.17, 15) is 4.79 Å². The number of fused-ring (bicyclic) bond motifs is 3. The third-order valence-electron chi connectivity index (χ3n) is 7.72. The summed E-state index contributed by atoms with van der Waals surface area (Å²) in [6.07, 6.45) is 10.5. The summed E-state index contributed by atoms with van der Waals surface area (Å²) in [4.78, 5) is 13.2. The number of nitrogens with zero attached hydrogens (tertiary/aromatic N) is 2. The van der Waals surface area contributed by atoms with E-state index in [1.165, 1.54) is 12.8 Å². The first-order valence-corrected chi connectivity index (χ1v) is 12.4. The first-order valence-electron chi connectivity index (χ1n) is 12.4. The van der Waals surface area contributed by atoms with Crippen molar-refractivity contribution < 1.29 is 28.5 Å². The quantitative estimate of drug-likeness (QED) is 0.552. The van der Waals surface area contributed by atoms with Gasteiger partial charge < -0.3 is 28.3 Å². The summed E-state index contributed by atoms with van der Waals surface area (Å²) in [6, 6.07) is 3.84. The number of rotatable bonds is 3. The molecule has 1 N–H and O–H groups in total. The van der Waals surface area contributed by atoms with Crippen molar-refractivity contribution in [1.29, 1.82) is 0 Å². The fourth-order valence-corrected chi connectivity index (χ4v) is 6.00. The molecule has 3 aliphatic heterocycles. The molecule has 9 heteroatoms. The van der Waals surface area contributed by atoms with Crippen LogP contribution in [0, 0.1) is 0 Å². The van der Waals surface area contributed by atoms with Gasteiger partial charge in [-0.1, -0.05) is 12.8 Å². The highest BCUT2D eigenvalue weighted by molar-refractivity contribution is 5.84. The van der Waals surface area contributed by atoms with Gasteiger partial charge in [0.15, 0.2) is 24.0 Å². The van der Waals surface area contributed by atoms with Gasteiger partial charge in [0.1, 0.15) is 18.3 Å². The summed E-state index contributed by atoms with van der Waals surface area (Å²) in [5, 5.41) is 4.14. The molecule has 1 amide bonds. The van der Waals surface area contributed by atoms with Gasteiger partial charge in [0.05, 0.1) is 11.9 Å². The van der Waals surface area contributed by atoms with Crippen LogP contribution >= 0.6 is 0 Å². The molecule has 6 rings (SSSR count). The summed E-state index contributed by atoms with van der Waals surface area (Å²) in [5.41, 5.74) is 3.51. The molecule has 180 valence electrons. The van der Waals surface area contributed by atoms with Gasteiger partial charge in [-0.25, -0.2) is 5.43 Å². The second-order valence-corrected chi connectivity index (χ2v) is 10.0. The van der Waals surface area contributed by atoms with Gasteiger partial charge in [-0.15, -0.1) is 0 Å². The molecule has 33 heavy (non-hydrogen) atoms. The van der Waals surface area contributed by atoms with Crippen LogP contribution in [-0.4, -0.2) is 59.0 Å². The summed E-state index contributed by atoms with van der Waals surface area (Å²) < 4.78 is 34.0. The van der Waals surface area contributed by atoms with E-state index < -0.39 is 42.3 Å². The Morgan fingerprint density at radius 1 is 0.970 bits per heavy atom. The van der Waals surface area contributed by atoms with Crippen LogP contribution in [0.4, 0.5) is 0 Å². The van der Waals surface area contributed by atoms with E-state index in [-0.39, 0.29) is 5.91 Å². The molecule has 3 saturated heterocycles. The predicted molar refractivity (Wildman–Crippen MR) is 117 cm³/mol. The van der Waals surface area contributed by atoms with Crippen LogP contribution in [0.5, 0.6) is 0 Å². The standard InChI is InChI=1S/C24H33N3O6/c1-27-14-8-9-16(27)15-25-26-21(28)19-17-18(31-23(30-17)10-4-2-5-11-23)20-22(29-19)33-24(32-20)12-6-3-7-13-24/h8-9,14-15,17-20,22H,2-7,10-13H2,1H3,(H,26,28)/b25-15+/t17-,18-,19-,20-,22-/m1/s1. The highest BCUT2D eigenvalue weighted by atomic mass is 16.9. The van der Waals surface area contributed by atoms with Crippen LogP contribution in [0.15, 0.2) is 23.4 Å². The molecule has 2 aliphatic carbocycles. The van der Waals surface area contributed by atoms with E-state index >= 15 is 0 Å². The highest BCUT2D eigenvalue weighted by Gasteiger charge is 2.65. The van der Waals surface area contributed by atoms with E-state index in [2.05, 4.69) is 10.5 Å². The number of aromatic nitrogens is 1. The van der Waals surface area contributed by atoms with Crippen molar-refractivity contribution in [3.8, 4) is 0 Å². The van der Waals surface area contributed by atoms with Crippen LogP contribution in [0.3, 0.4) is 0 Å². The number of amides is 1. The Labute approximate surface area is 193 Å². The Morgan fingerprint density at radius 3 is 2.27 bits per heavy atom. The SMILES string of the molecule is Cn1cccc1/C=N/NC(=O)[C@@H]1O[C@@H]2OC3(CCCCC3)O[C@@H]2[C@@H]2OC3(CCCCC3)O[C@H]21. The molecule has 1 aromatic rings. The molecule has 2 spiro atoms. The second-order valence-electron chi connectivity index (χ2n) is 10.0. The number of nitrogens with one attached hydrogen (secondary N) is 1. The maximum Gasteiger partial charge on any atom is 0.272 e. The Hall–Kier alpha value is -1.78. The molecule has 2 saturated carbocycles. The fraction of sp³-hybridized carbons (Fsp3) is 0.750. The molecule has 5 atom stereocenters. The zero-order chi connectivity index (χ0) is 22.5. The molecule has 5 fully saturated rings. The molecule has 9 nitrogen and oxygen atoms in total. The summed E-state index contributed by atoms with van der Waals surface area (Å²) in [6.45, 7) is 0. The average molecular weight is 460 g/mol. The number of carbonyl (C=O) groups excluding carboxylic acids is 1. The van der Waals surface area contributed by atoms with Crippen LogP contribution in [-0.2, 0) is 35.5 Å². The highest BCUT2D eigenvalue weighted by Crippen LogP contribution is 2.50. The lowest BCUT2D eigenvalue weighted by molar-refractivity contribution is -0.247. The molecule has 4 heterocycles. The van der Waals surface area contributed by atoms with Crippen LogP contribution in [0.1, 0.15) is 69.9 Å². The first kappa shape index (κ1) is 21.7. The molecule has 0 unspecified atom stereocenters. The van der Waals surface area contributed by atoms with Crippen molar-refractivity contribution in [2.24, 2.45) is 12.1 Å². The van der Waals surface area contributed by atoms with Gasteiger partial charge in [-0.3, -0.25) is 4.79 Å². The third-order valence-corrected chi connectivity index (χ3v) is 7.72. The zero-order valence-corrected chi connectivity index (χ0v) is 19.1. The lowest BCUT2D eigenvalue weighted by atomic mass is 9.94. The van der Waals surface area contributed by atoms with E-state index in [0.29, 0.717) is 0 Å². The Kier molecular flexibility index (Phi) is 5.57. The number of carbonyl (C=O) groups is 1. The van der Waals surface area contributed by atoms with Gasteiger partial charge in [-0.2, -0.15) is 5.10 Å². The summed E-state index contributed by atoms with van der Waals surface area (Å²) in [7, 11) is 1.92. The van der Waals surface area contributed by atoms with Crippen LogP contribution < -0.4 is 5.43 Å². The topological polar surface area (TPSA) is 92.5 Å². The van der Waals surface area contributed by atoms with Crippen molar-refractivity contribution in [1.82, 2.24) is 9.99 Å². The van der Waals surface area contributed by atoms with Gasteiger partial charge in [0, 0.05) is 38.9 Å². The predicted octanol–water partition coefficient (Wildman–Crippen LogP) is 2.72. The van der Waals surface area contributed by atoms with Gasteiger partial charge in [0.2, 0.25) is 0 Å². The van der Waals surface area contributed by atoms with Crippen molar-refractivity contribution in [3.63, 3.8) is 0 Å². The zero-order valence-electron chi connectivity index (χ0n) is 19.1. The van der Waals surface area contributed by atoms with E-state index in [0.717, 1.165) is 57.1 Å². The number of aryl methyl sites for hydroxylation is 1. The molecule has 5 aliphatic rings. The first-order chi connectivity index (χ1) is 16.1. The normalized spacial score (nSPS) is 36.8. The van der Waals surface area contributed by atoms with Crippen molar-refractivity contribution in [2.45, 2.75) is 106 Å².